The van der Waals surface area contributed by atoms with Crippen LogP contribution in [0.5, 0.6) is 5.75 Å². The van der Waals surface area contributed by atoms with Gasteiger partial charge in [-0.3, -0.25) is 4.79 Å². The highest BCUT2D eigenvalue weighted by Gasteiger charge is 2.23. The van der Waals surface area contributed by atoms with E-state index in [1.807, 2.05) is 24.3 Å². The average molecular weight is 411 g/mol. The van der Waals surface area contributed by atoms with Crippen LogP contribution in [0.3, 0.4) is 0 Å². The zero-order valence-electron chi connectivity index (χ0n) is 15.7. The summed E-state index contributed by atoms with van der Waals surface area (Å²) < 4.78 is 23.3. The number of rotatable bonds is 5. The van der Waals surface area contributed by atoms with E-state index in [4.69, 9.17) is 9.47 Å². The van der Waals surface area contributed by atoms with E-state index in [-0.39, 0.29) is 0 Å². The van der Waals surface area contributed by atoms with Crippen molar-refractivity contribution in [2.24, 2.45) is 0 Å². The number of nitrogens with one attached hydrogen (secondary N) is 1. The Morgan fingerprint density at radius 1 is 1.07 bits per heavy atom. The van der Waals surface area contributed by atoms with Crippen molar-refractivity contribution in [2.75, 3.05) is 19.0 Å². The minimum absolute atomic E-state index is 0.392. The summed E-state index contributed by atoms with van der Waals surface area (Å²) in [6.07, 6.45) is 1.72. The van der Waals surface area contributed by atoms with Crippen LogP contribution < -0.4 is 10.1 Å². The summed E-state index contributed by atoms with van der Waals surface area (Å²) >= 11 is 1.37. The highest BCUT2D eigenvalue weighted by atomic mass is 32.1. The van der Waals surface area contributed by atoms with Crippen molar-refractivity contribution in [3.05, 3.63) is 70.4 Å². The van der Waals surface area contributed by atoms with Crippen LogP contribution in [0.1, 0.15) is 20.8 Å². The van der Waals surface area contributed by atoms with Gasteiger partial charge >= 0.3 is 5.97 Å². The Morgan fingerprint density at radius 3 is 2.59 bits per heavy atom. The molecule has 0 saturated carbocycles. The van der Waals surface area contributed by atoms with E-state index in [9.17, 15) is 14.0 Å². The molecule has 0 atom stereocenters. The summed E-state index contributed by atoms with van der Waals surface area (Å²) in [5.41, 5.74) is 3.84. The molecule has 29 heavy (non-hydrogen) atoms. The molecule has 1 amide bonds. The first-order chi connectivity index (χ1) is 14.0. The minimum Gasteiger partial charge on any atom is -0.497 e. The predicted octanol–water partition coefficient (Wildman–Crippen LogP) is 4.46. The van der Waals surface area contributed by atoms with E-state index < -0.39 is 24.3 Å². The van der Waals surface area contributed by atoms with E-state index in [1.165, 1.54) is 41.2 Å². The van der Waals surface area contributed by atoms with Gasteiger partial charge in [-0.15, -0.1) is 11.3 Å². The largest absolute Gasteiger partial charge is 0.497 e. The molecule has 0 unspecified atom stereocenters. The first-order valence-electron chi connectivity index (χ1n) is 9.06. The molecule has 148 valence electrons. The van der Waals surface area contributed by atoms with E-state index in [0.29, 0.717) is 10.6 Å². The fraction of sp³-hybridized carbons (Fsp3) is 0.182. The van der Waals surface area contributed by atoms with Gasteiger partial charge in [-0.05, 0) is 78.1 Å². The number of aryl methyl sites for hydroxylation is 2. The molecule has 1 heterocycles. The zero-order chi connectivity index (χ0) is 20.4. The number of amides is 1. The summed E-state index contributed by atoms with van der Waals surface area (Å²) in [6.45, 7) is -0.410. The Balaban J connectivity index is 1.42. The molecule has 1 N–H and O–H groups in total. The van der Waals surface area contributed by atoms with Crippen LogP contribution in [0.25, 0.3) is 10.4 Å². The van der Waals surface area contributed by atoms with Crippen molar-refractivity contribution < 1.29 is 23.5 Å². The lowest BCUT2D eigenvalue weighted by molar-refractivity contribution is -0.119. The number of ether oxygens (including phenoxy) is 2. The number of anilines is 1. The number of hydrogen-bond donors (Lipinski definition) is 1. The summed E-state index contributed by atoms with van der Waals surface area (Å²) in [5.74, 6) is -0.593. The maximum atomic E-state index is 12.9. The molecule has 0 fully saturated rings. The number of methoxy groups -OCH3 is 1. The average Bonchev–Trinajstić information content (AvgIpc) is 3.18. The summed E-state index contributed by atoms with van der Waals surface area (Å²) in [7, 11) is 1.64. The monoisotopic (exact) mass is 411 g/mol. The molecule has 1 aliphatic rings. The van der Waals surface area contributed by atoms with Crippen LogP contribution in [0.2, 0.25) is 0 Å². The van der Waals surface area contributed by atoms with Gasteiger partial charge in [0.1, 0.15) is 16.4 Å². The Labute approximate surface area is 171 Å². The highest BCUT2D eigenvalue weighted by Crippen LogP contribution is 2.40. The van der Waals surface area contributed by atoms with Gasteiger partial charge in [0, 0.05) is 10.6 Å². The third-order valence-electron chi connectivity index (χ3n) is 4.69. The third kappa shape index (κ3) is 4.14. The van der Waals surface area contributed by atoms with E-state index in [1.54, 1.807) is 7.11 Å². The van der Waals surface area contributed by atoms with Gasteiger partial charge in [0.25, 0.3) is 5.91 Å². The Kier molecular flexibility index (Phi) is 5.31. The van der Waals surface area contributed by atoms with E-state index >= 15 is 0 Å². The third-order valence-corrected chi connectivity index (χ3v) is 5.88. The normalized spacial score (nSPS) is 11.9. The van der Waals surface area contributed by atoms with Gasteiger partial charge in [-0.2, -0.15) is 0 Å². The van der Waals surface area contributed by atoms with Gasteiger partial charge in [0.15, 0.2) is 6.61 Å². The van der Waals surface area contributed by atoms with Gasteiger partial charge < -0.3 is 14.8 Å². The molecule has 0 aliphatic heterocycles. The molecular formula is C22H18FNO4S. The molecule has 0 radical (unpaired) electrons. The van der Waals surface area contributed by atoms with E-state index in [2.05, 4.69) is 5.32 Å². The number of hydrogen-bond acceptors (Lipinski definition) is 5. The number of fused-ring (bicyclic) bond motifs is 3. The second kappa shape index (κ2) is 8.05. The first kappa shape index (κ1) is 19.1. The van der Waals surface area contributed by atoms with Crippen LogP contribution in [-0.4, -0.2) is 25.6 Å². The summed E-state index contributed by atoms with van der Waals surface area (Å²) in [4.78, 5) is 25.9. The molecule has 3 aromatic rings. The number of halogens is 1. The number of thiophene rings is 1. The molecule has 1 aliphatic carbocycles. The van der Waals surface area contributed by atoms with Gasteiger partial charge in [0.2, 0.25) is 0 Å². The SMILES string of the molecule is COc1ccc2c(c1)CCc1cc(C(=O)OCC(=O)Nc3ccc(F)cc3)sc1-2. The topological polar surface area (TPSA) is 64.6 Å². The summed E-state index contributed by atoms with van der Waals surface area (Å²) in [5, 5.41) is 2.56. The Hall–Kier alpha value is -3.19. The molecule has 2 aromatic carbocycles. The molecule has 0 bridgehead atoms. The quantitative estimate of drug-likeness (QED) is 0.630. The molecule has 1 aromatic heterocycles. The van der Waals surface area contributed by atoms with Crippen molar-refractivity contribution in [3.63, 3.8) is 0 Å². The van der Waals surface area contributed by atoms with Gasteiger partial charge in [-0.25, -0.2) is 9.18 Å². The van der Waals surface area contributed by atoms with Crippen molar-refractivity contribution in [3.8, 4) is 16.2 Å². The highest BCUT2D eigenvalue weighted by molar-refractivity contribution is 7.17. The van der Waals surface area contributed by atoms with Gasteiger partial charge in [-0.1, -0.05) is 0 Å². The standard InChI is InChI=1S/C22H18FNO4S/c1-27-17-8-9-18-13(10-17)2-3-14-11-19(29-21(14)18)22(26)28-12-20(25)24-16-6-4-15(23)5-7-16/h4-11H,2-3,12H2,1H3,(H,24,25). The molecule has 4 rings (SSSR count). The van der Waals surface area contributed by atoms with E-state index in [0.717, 1.165) is 34.6 Å². The Morgan fingerprint density at radius 2 is 1.83 bits per heavy atom. The second-order valence-electron chi connectivity index (χ2n) is 6.62. The minimum atomic E-state index is -0.534. The molecule has 0 saturated heterocycles. The predicted molar refractivity (Wildman–Crippen MR) is 109 cm³/mol. The van der Waals surface area contributed by atoms with Crippen LogP contribution in [0.15, 0.2) is 48.5 Å². The first-order valence-corrected chi connectivity index (χ1v) is 9.87. The van der Waals surface area contributed by atoms with Crippen LogP contribution >= 0.6 is 11.3 Å². The Bertz CT molecular complexity index is 1070. The van der Waals surface area contributed by atoms with Crippen molar-refractivity contribution >= 4 is 28.9 Å². The lowest BCUT2D eigenvalue weighted by Crippen LogP contribution is -2.20. The lowest BCUT2D eigenvalue weighted by Gasteiger charge is -2.16. The van der Waals surface area contributed by atoms with Gasteiger partial charge in [0.05, 0.1) is 7.11 Å². The lowest BCUT2D eigenvalue weighted by atomic mass is 9.91. The maximum Gasteiger partial charge on any atom is 0.348 e. The number of carbonyl (C=O) groups excluding carboxylic acids is 2. The molecule has 7 heteroatoms. The van der Waals surface area contributed by atoms with Crippen LogP contribution in [0, 0.1) is 5.82 Å². The number of carbonyl (C=O) groups is 2. The van der Waals surface area contributed by atoms with Crippen LogP contribution in [-0.2, 0) is 22.4 Å². The van der Waals surface area contributed by atoms with Crippen molar-refractivity contribution in [1.29, 1.82) is 0 Å². The number of esters is 1. The molecule has 0 spiro atoms. The fourth-order valence-electron chi connectivity index (χ4n) is 3.27. The van der Waals surface area contributed by atoms with Crippen molar-refractivity contribution in [2.45, 2.75) is 12.8 Å². The number of benzene rings is 2. The second-order valence-corrected chi connectivity index (χ2v) is 7.67. The zero-order valence-corrected chi connectivity index (χ0v) is 16.5. The van der Waals surface area contributed by atoms with Crippen molar-refractivity contribution in [1.82, 2.24) is 0 Å². The molecular weight excluding hydrogens is 393 g/mol. The summed E-state index contributed by atoms with van der Waals surface area (Å²) in [6, 6.07) is 13.1. The smallest absolute Gasteiger partial charge is 0.348 e. The van der Waals surface area contributed by atoms with Crippen LogP contribution in [0.4, 0.5) is 10.1 Å². The molecule has 5 nitrogen and oxygen atoms in total. The maximum absolute atomic E-state index is 12.9. The fourth-order valence-corrected chi connectivity index (χ4v) is 4.43.